The lowest BCUT2D eigenvalue weighted by molar-refractivity contribution is -0.118. The third-order valence-corrected chi connectivity index (χ3v) is 5.04. The fraction of sp³-hybridized carbons (Fsp3) is 0.391. The number of imidazole rings is 1. The fourth-order valence-corrected chi connectivity index (χ4v) is 3.35. The second kappa shape index (κ2) is 9.40. The molecule has 3 rings (SSSR count). The van der Waals surface area contributed by atoms with Gasteiger partial charge in [-0.25, -0.2) is 4.98 Å². The first kappa shape index (κ1) is 19.9. The number of ether oxygens (including phenoxy) is 1. The van der Waals surface area contributed by atoms with Gasteiger partial charge < -0.3 is 14.6 Å². The molecule has 0 unspecified atom stereocenters. The number of unbranched alkanes of at least 4 members (excludes halogenated alkanes) is 1. The maximum absolute atomic E-state index is 11.1. The first-order valence-corrected chi connectivity index (χ1v) is 9.94. The molecule has 5 nitrogen and oxygen atoms in total. The van der Waals surface area contributed by atoms with Crippen LogP contribution in [0.5, 0.6) is 5.75 Å². The highest BCUT2D eigenvalue weighted by Crippen LogP contribution is 2.21. The Balaban J connectivity index is 1.58. The van der Waals surface area contributed by atoms with Crippen LogP contribution in [0.4, 0.5) is 0 Å². The van der Waals surface area contributed by atoms with Crippen LogP contribution in [0.1, 0.15) is 36.7 Å². The van der Waals surface area contributed by atoms with Crippen LogP contribution in [0.15, 0.2) is 42.5 Å². The molecule has 3 aromatic rings. The van der Waals surface area contributed by atoms with Gasteiger partial charge in [0.2, 0.25) is 5.91 Å². The number of para-hydroxylation sites is 2. The van der Waals surface area contributed by atoms with Crippen molar-refractivity contribution in [1.82, 2.24) is 14.9 Å². The summed E-state index contributed by atoms with van der Waals surface area (Å²) in [5, 5.41) is 2.86. The molecule has 0 atom stereocenters. The Hall–Kier alpha value is -2.82. The van der Waals surface area contributed by atoms with E-state index in [9.17, 15) is 4.79 Å². The van der Waals surface area contributed by atoms with Crippen molar-refractivity contribution in [3.05, 3.63) is 59.4 Å². The minimum atomic E-state index is -0.00810. The second-order valence-electron chi connectivity index (χ2n) is 7.15. The summed E-state index contributed by atoms with van der Waals surface area (Å²) >= 11 is 0. The minimum absolute atomic E-state index is 0.00810. The molecule has 0 saturated heterocycles. The number of benzene rings is 2. The average Bonchev–Trinajstić information content (AvgIpc) is 3.02. The first-order valence-electron chi connectivity index (χ1n) is 9.94. The quantitative estimate of drug-likeness (QED) is 0.567. The van der Waals surface area contributed by atoms with Crippen molar-refractivity contribution < 1.29 is 9.53 Å². The van der Waals surface area contributed by atoms with Crippen molar-refractivity contribution in [2.75, 3.05) is 13.2 Å². The Morgan fingerprint density at radius 1 is 1.11 bits per heavy atom. The SMILES string of the molecule is CC(=O)NCCc1nc2ccccc2n1CCCCOc1cccc(C)c1C. The van der Waals surface area contributed by atoms with Crippen molar-refractivity contribution in [3.63, 3.8) is 0 Å². The maximum atomic E-state index is 11.1. The lowest BCUT2D eigenvalue weighted by atomic mass is 10.1. The monoisotopic (exact) mass is 379 g/mol. The second-order valence-corrected chi connectivity index (χ2v) is 7.15. The molecule has 2 aromatic carbocycles. The van der Waals surface area contributed by atoms with Crippen LogP contribution in [0.25, 0.3) is 11.0 Å². The molecule has 1 heterocycles. The lowest BCUT2D eigenvalue weighted by Crippen LogP contribution is -2.23. The van der Waals surface area contributed by atoms with Gasteiger partial charge in [0.25, 0.3) is 0 Å². The van der Waals surface area contributed by atoms with Crippen LogP contribution in [0, 0.1) is 13.8 Å². The number of carbonyl (C=O) groups is 1. The Morgan fingerprint density at radius 3 is 2.75 bits per heavy atom. The van der Waals surface area contributed by atoms with Gasteiger partial charge in [0.15, 0.2) is 0 Å². The Bertz CT molecular complexity index is 946. The van der Waals surface area contributed by atoms with Crippen LogP contribution in [-0.4, -0.2) is 28.6 Å². The van der Waals surface area contributed by atoms with Gasteiger partial charge in [0.05, 0.1) is 17.6 Å². The van der Waals surface area contributed by atoms with Crippen molar-refractivity contribution >= 4 is 16.9 Å². The topological polar surface area (TPSA) is 56.2 Å². The molecular formula is C23H29N3O2. The van der Waals surface area contributed by atoms with Gasteiger partial charge in [-0.05, 0) is 56.0 Å². The molecule has 5 heteroatoms. The van der Waals surface area contributed by atoms with E-state index in [0.29, 0.717) is 13.2 Å². The molecule has 0 aliphatic carbocycles. The zero-order chi connectivity index (χ0) is 19.9. The molecule has 148 valence electrons. The predicted molar refractivity (Wildman–Crippen MR) is 113 cm³/mol. The third kappa shape index (κ3) is 4.91. The van der Waals surface area contributed by atoms with E-state index in [1.165, 1.54) is 11.1 Å². The smallest absolute Gasteiger partial charge is 0.216 e. The molecule has 0 fully saturated rings. The van der Waals surface area contributed by atoms with Crippen molar-refractivity contribution in [3.8, 4) is 5.75 Å². The molecule has 0 bridgehead atoms. The summed E-state index contributed by atoms with van der Waals surface area (Å²) in [4.78, 5) is 15.9. The van der Waals surface area contributed by atoms with E-state index in [0.717, 1.165) is 48.4 Å². The molecule has 0 aliphatic rings. The van der Waals surface area contributed by atoms with Gasteiger partial charge in [0, 0.05) is 26.4 Å². The van der Waals surface area contributed by atoms with E-state index in [-0.39, 0.29) is 5.91 Å². The highest BCUT2D eigenvalue weighted by Gasteiger charge is 2.10. The van der Waals surface area contributed by atoms with Gasteiger partial charge in [0.1, 0.15) is 11.6 Å². The van der Waals surface area contributed by atoms with E-state index in [1.54, 1.807) is 6.92 Å². The van der Waals surface area contributed by atoms with Gasteiger partial charge in [-0.3, -0.25) is 4.79 Å². The van der Waals surface area contributed by atoms with Crippen molar-refractivity contribution in [2.24, 2.45) is 0 Å². The zero-order valence-corrected chi connectivity index (χ0v) is 17.0. The van der Waals surface area contributed by atoms with Gasteiger partial charge >= 0.3 is 0 Å². The van der Waals surface area contributed by atoms with Crippen molar-refractivity contribution in [1.29, 1.82) is 0 Å². The van der Waals surface area contributed by atoms with Gasteiger partial charge in [-0.1, -0.05) is 24.3 Å². The molecule has 0 aliphatic heterocycles. The number of nitrogens with one attached hydrogen (secondary N) is 1. The molecule has 1 N–H and O–H groups in total. The molecule has 0 radical (unpaired) electrons. The summed E-state index contributed by atoms with van der Waals surface area (Å²) in [5.74, 6) is 1.99. The number of nitrogens with zero attached hydrogens (tertiary/aromatic N) is 2. The van der Waals surface area contributed by atoms with E-state index < -0.39 is 0 Å². The molecule has 0 spiro atoms. The van der Waals surface area contributed by atoms with E-state index in [2.05, 4.69) is 35.9 Å². The van der Waals surface area contributed by atoms with Crippen LogP contribution in [-0.2, 0) is 17.8 Å². The summed E-state index contributed by atoms with van der Waals surface area (Å²) in [5.41, 5.74) is 4.62. The summed E-state index contributed by atoms with van der Waals surface area (Å²) in [6, 6.07) is 14.4. The third-order valence-electron chi connectivity index (χ3n) is 5.04. The van der Waals surface area contributed by atoms with Crippen LogP contribution >= 0.6 is 0 Å². The number of aryl methyl sites for hydroxylation is 2. The highest BCUT2D eigenvalue weighted by atomic mass is 16.5. The average molecular weight is 380 g/mol. The van der Waals surface area contributed by atoms with Gasteiger partial charge in [-0.15, -0.1) is 0 Å². The predicted octanol–water partition coefficient (Wildman–Crippen LogP) is 4.19. The fourth-order valence-electron chi connectivity index (χ4n) is 3.35. The number of aromatic nitrogens is 2. The van der Waals surface area contributed by atoms with E-state index in [4.69, 9.17) is 9.72 Å². The Labute approximate surface area is 166 Å². The van der Waals surface area contributed by atoms with Crippen LogP contribution < -0.4 is 10.1 Å². The highest BCUT2D eigenvalue weighted by molar-refractivity contribution is 5.76. The normalized spacial score (nSPS) is 11.0. The number of hydrogen-bond acceptors (Lipinski definition) is 3. The summed E-state index contributed by atoms with van der Waals surface area (Å²) in [6.45, 7) is 7.95. The number of carbonyl (C=O) groups excluding carboxylic acids is 1. The number of rotatable bonds is 9. The summed E-state index contributed by atoms with van der Waals surface area (Å²) in [6.07, 6.45) is 2.72. The molecule has 1 amide bonds. The van der Waals surface area contributed by atoms with Crippen LogP contribution in [0.2, 0.25) is 0 Å². The molecule has 28 heavy (non-hydrogen) atoms. The summed E-state index contributed by atoms with van der Waals surface area (Å²) < 4.78 is 8.25. The standard InChI is InChI=1S/C23H29N3O2/c1-17-9-8-12-22(18(17)2)28-16-7-6-15-26-21-11-5-4-10-20(21)25-23(26)13-14-24-19(3)27/h4-5,8-12H,6-7,13-16H2,1-3H3,(H,24,27). The van der Waals surface area contributed by atoms with E-state index >= 15 is 0 Å². The van der Waals surface area contributed by atoms with Crippen molar-refractivity contribution in [2.45, 2.75) is 46.6 Å². The maximum Gasteiger partial charge on any atom is 0.216 e. The molecule has 0 saturated carbocycles. The number of hydrogen-bond donors (Lipinski definition) is 1. The Morgan fingerprint density at radius 2 is 1.93 bits per heavy atom. The number of amides is 1. The zero-order valence-electron chi connectivity index (χ0n) is 17.0. The molecule has 1 aromatic heterocycles. The van der Waals surface area contributed by atoms with E-state index in [1.807, 2.05) is 30.3 Å². The Kier molecular flexibility index (Phi) is 6.69. The largest absolute Gasteiger partial charge is 0.493 e. The lowest BCUT2D eigenvalue weighted by Gasteiger charge is -2.12. The first-order chi connectivity index (χ1) is 13.6. The number of fused-ring (bicyclic) bond motifs is 1. The van der Waals surface area contributed by atoms with Gasteiger partial charge in [-0.2, -0.15) is 0 Å². The van der Waals surface area contributed by atoms with Crippen LogP contribution in [0.3, 0.4) is 0 Å². The summed E-state index contributed by atoms with van der Waals surface area (Å²) in [7, 11) is 0. The minimum Gasteiger partial charge on any atom is -0.493 e. The molecular weight excluding hydrogens is 350 g/mol.